The molecule has 6 heteroatoms. The monoisotopic (exact) mass is 412 g/mol. The van der Waals surface area contributed by atoms with Gasteiger partial charge in [0.05, 0.1) is 0 Å². The lowest BCUT2D eigenvalue weighted by Gasteiger charge is -2.22. The molecule has 1 heterocycles. The Morgan fingerprint density at radius 2 is 2.37 bits per heavy atom. The molecular weight excluding hydrogens is 395 g/mol. The second kappa shape index (κ2) is 8.34. The molecule has 0 spiro atoms. The molecule has 0 radical (unpaired) electrons. The van der Waals surface area contributed by atoms with E-state index in [9.17, 15) is 4.79 Å². The lowest BCUT2D eigenvalue weighted by Crippen LogP contribution is -2.39. The molecule has 1 atom stereocenters. The van der Waals surface area contributed by atoms with E-state index in [4.69, 9.17) is 0 Å². The van der Waals surface area contributed by atoms with Gasteiger partial charge in [0.25, 0.3) is 0 Å². The topological polar surface area (TPSA) is 41.1 Å². The van der Waals surface area contributed by atoms with Crippen LogP contribution in [0.4, 0.5) is 5.69 Å². The van der Waals surface area contributed by atoms with E-state index in [0.717, 1.165) is 29.3 Å². The Bertz CT molecular complexity index is 439. The fourth-order valence-electron chi connectivity index (χ4n) is 1.94. The quantitative estimate of drug-likeness (QED) is 0.750. The number of halogens is 2. The molecule has 106 valence electrons. The molecule has 1 saturated heterocycles. The molecule has 0 aromatic heterocycles. The largest absolute Gasteiger partial charge is 0.326 e. The van der Waals surface area contributed by atoms with Crippen LogP contribution in [0, 0.1) is 10.5 Å². The van der Waals surface area contributed by atoms with Gasteiger partial charge in [-0.3, -0.25) is 4.79 Å². The van der Waals surface area contributed by atoms with Crippen LogP contribution in [0.25, 0.3) is 0 Å². The number of rotatable bonds is 3. The average molecular weight is 413 g/mol. The van der Waals surface area contributed by atoms with Gasteiger partial charge in [0.1, 0.15) is 0 Å². The van der Waals surface area contributed by atoms with Crippen LogP contribution < -0.4 is 10.6 Å². The van der Waals surface area contributed by atoms with Crippen molar-refractivity contribution >= 4 is 58.4 Å². The van der Waals surface area contributed by atoms with Crippen LogP contribution >= 0.6 is 46.8 Å². The highest BCUT2D eigenvalue weighted by Gasteiger charge is 2.16. The van der Waals surface area contributed by atoms with Crippen LogP contribution in [0.15, 0.2) is 18.2 Å². The number of hydrogen-bond acceptors (Lipinski definition) is 3. The molecule has 1 amide bonds. The van der Waals surface area contributed by atoms with Crippen molar-refractivity contribution in [2.45, 2.75) is 19.4 Å². The molecule has 1 fully saturated rings. The summed E-state index contributed by atoms with van der Waals surface area (Å²) in [5, 5.41) is 6.37. The van der Waals surface area contributed by atoms with Gasteiger partial charge in [0.15, 0.2) is 0 Å². The first-order chi connectivity index (χ1) is 8.65. The molecule has 2 N–H and O–H groups in total. The summed E-state index contributed by atoms with van der Waals surface area (Å²) in [6.07, 6.45) is 0.554. The molecule has 1 aliphatic heterocycles. The van der Waals surface area contributed by atoms with Gasteiger partial charge in [-0.15, -0.1) is 12.4 Å². The average Bonchev–Trinajstić information content (AvgIpc) is 2.34. The molecular formula is C13H18ClIN2OS. The van der Waals surface area contributed by atoms with Crippen molar-refractivity contribution in [3.63, 3.8) is 0 Å². The maximum Gasteiger partial charge on any atom is 0.225 e. The Morgan fingerprint density at radius 3 is 3.00 bits per heavy atom. The van der Waals surface area contributed by atoms with Crippen molar-refractivity contribution in [1.82, 2.24) is 5.32 Å². The van der Waals surface area contributed by atoms with Crippen LogP contribution in [-0.2, 0) is 4.79 Å². The molecule has 2 rings (SSSR count). The number of carbonyl (C=O) groups excluding carboxylic acids is 1. The summed E-state index contributed by atoms with van der Waals surface area (Å²) in [6.45, 7) is 3.03. The van der Waals surface area contributed by atoms with Crippen LogP contribution in [-0.4, -0.2) is 30.0 Å². The number of anilines is 1. The number of aryl methyl sites for hydroxylation is 1. The van der Waals surface area contributed by atoms with Gasteiger partial charge in [-0.05, 0) is 53.3 Å². The molecule has 3 nitrogen and oxygen atoms in total. The van der Waals surface area contributed by atoms with Crippen molar-refractivity contribution in [2.75, 3.05) is 23.4 Å². The lowest BCUT2D eigenvalue weighted by atomic mass is 10.1. The third-order valence-electron chi connectivity index (χ3n) is 2.89. The predicted molar refractivity (Wildman–Crippen MR) is 93.5 cm³/mol. The first kappa shape index (κ1) is 17.1. The summed E-state index contributed by atoms with van der Waals surface area (Å²) < 4.78 is 1.19. The molecule has 1 aromatic carbocycles. The maximum absolute atomic E-state index is 12.0. The number of carbonyl (C=O) groups is 1. The molecule has 1 aliphatic rings. The number of nitrogens with one attached hydrogen (secondary N) is 2. The van der Waals surface area contributed by atoms with E-state index < -0.39 is 0 Å². The van der Waals surface area contributed by atoms with E-state index in [1.165, 1.54) is 3.57 Å². The maximum atomic E-state index is 12.0. The Kier molecular flexibility index (Phi) is 7.49. The van der Waals surface area contributed by atoms with Crippen molar-refractivity contribution in [3.8, 4) is 0 Å². The standard InChI is InChI=1S/C13H17IN2OS.ClH/c1-9-6-10(14)2-3-12(9)16-13(17)7-11-8-18-5-4-15-11;/h2-3,6,11,15H,4-5,7-8H2,1H3,(H,16,17);1H. The normalized spacial score (nSPS) is 18.5. The highest BCUT2D eigenvalue weighted by atomic mass is 127. The Hall–Kier alpha value is 0.0200. The van der Waals surface area contributed by atoms with E-state index >= 15 is 0 Å². The van der Waals surface area contributed by atoms with E-state index in [2.05, 4.69) is 39.3 Å². The molecule has 0 aliphatic carbocycles. The number of thioether (sulfide) groups is 1. The zero-order valence-corrected chi connectivity index (χ0v) is 14.5. The summed E-state index contributed by atoms with van der Waals surface area (Å²) in [5.41, 5.74) is 2.03. The van der Waals surface area contributed by atoms with Gasteiger partial charge in [0.2, 0.25) is 5.91 Å². The minimum absolute atomic E-state index is 0. The zero-order chi connectivity index (χ0) is 13.0. The van der Waals surface area contributed by atoms with Crippen molar-refractivity contribution in [3.05, 3.63) is 27.3 Å². The van der Waals surface area contributed by atoms with Crippen LogP contribution in [0.3, 0.4) is 0 Å². The Morgan fingerprint density at radius 1 is 1.58 bits per heavy atom. The van der Waals surface area contributed by atoms with Gasteiger partial charge in [-0.25, -0.2) is 0 Å². The van der Waals surface area contributed by atoms with Crippen molar-refractivity contribution in [2.24, 2.45) is 0 Å². The molecule has 1 unspecified atom stereocenters. The minimum Gasteiger partial charge on any atom is -0.326 e. The Labute approximate surface area is 138 Å². The zero-order valence-electron chi connectivity index (χ0n) is 10.7. The summed E-state index contributed by atoms with van der Waals surface area (Å²) in [4.78, 5) is 12.0. The van der Waals surface area contributed by atoms with Gasteiger partial charge in [-0.1, -0.05) is 0 Å². The lowest BCUT2D eigenvalue weighted by molar-refractivity contribution is -0.116. The number of amides is 1. The minimum atomic E-state index is 0. The fraction of sp³-hybridized carbons (Fsp3) is 0.462. The van der Waals surface area contributed by atoms with Gasteiger partial charge in [-0.2, -0.15) is 11.8 Å². The van der Waals surface area contributed by atoms with E-state index in [0.29, 0.717) is 12.5 Å². The third-order valence-corrected chi connectivity index (χ3v) is 4.69. The van der Waals surface area contributed by atoms with Crippen molar-refractivity contribution < 1.29 is 4.79 Å². The third kappa shape index (κ3) is 5.49. The SMILES string of the molecule is Cc1cc(I)ccc1NC(=O)CC1CSCCN1.Cl. The van der Waals surface area contributed by atoms with Crippen molar-refractivity contribution in [1.29, 1.82) is 0 Å². The predicted octanol–water partition coefficient (Wildman–Crippen LogP) is 3.06. The van der Waals surface area contributed by atoms with E-state index in [1.54, 1.807) is 0 Å². The van der Waals surface area contributed by atoms with Crippen LogP contribution in [0.1, 0.15) is 12.0 Å². The summed E-state index contributed by atoms with van der Waals surface area (Å²) in [7, 11) is 0. The first-order valence-corrected chi connectivity index (χ1v) is 8.25. The summed E-state index contributed by atoms with van der Waals surface area (Å²) >= 11 is 4.19. The van der Waals surface area contributed by atoms with Crippen LogP contribution in [0.2, 0.25) is 0 Å². The molecule has 0 bridgehead atoms. The Balaban J connectivity index is 0.00000180. The first-order valence-electron chi connectivity index (χ1n) is 6.02. The van der Waals surface area contributed by atoms with E-state index in [-0.39, 0.29) is 18.3 Å². The van der Waals surface area contributed by atoms with E-state index in [1.807, 2.05) is 30.8 Å². The highest BCUT2D eigenvalue weighted by Crippen LogP contribution is 2.18. The van der Waals surface area contributed by atoms with Gasteiger partial charge >= 0.3 is 0 Å². The molecule has 0 saturated carbocycles. The molecule has 19 heavy (non-hydrogen) atoms. The number of hydrogen-bond donors (Lipinski definition) is 2. The second-order valence-corrected chi connectivity index (χ2v) is 6.83. The molecule has 1 aromatic rings. The van der Waals surface area contributed by atoms with Gasteiger partial charge in [0, 0.05) is 39.8 Å². The van der Waals surface area contributed by atoms with Crippen LogP contribution in [0.5, 0.6) is 0 Å². The summed E-state index contributed by atoms with van der Waals surface area (Å²) in [5.74, 6) is 2.27. The fourth-order valence-corrected chi connectivity index (χ4v) is 3.54. The van der Waals surface area contributed by atoms with Gasteiger partial charge < -0.3 is 10.6 Å². The highest BCUT2D eigenvalue weighted by molar-refractivity contribution is 14.1. The second-order valence-electron chi connectivity index (χ2n) is 4.44. The smallest absolute Gasteiger partial charge is 0.225 e. The number of benzene rings is 1. The summed E-state index contributed by atoms with van der Waals surface area (Å²) in [6, 6.07) is 6.37.